The Balaban J connectivity index is 1.38. The number of ether oxygens (including phenoxy) is 2. The van der Waals surface area contributed by atoms with Crippen molar-refractivity contribution in [2.75, 3.05) is 20.3 Å². The highest BCUT2D eigenvalue weighted by atomic mass is 32.1. The first-order valence-electron chi connectivity index (χ1n) is 16.8. The molecule has 2 aromatic carbocycles. The maximum absolute atomic E-state index is 16.4. The summed E-state index contributed by atoms with van der Waals surface area (Å²) in [6, 6.07) is 8.88. The predicted octanol–water partition coefficient (Wildman–Crippen LogP) is 8.25. The standard InChI is InChI=1S/C38H35F3N6O3S/c1-6-32(48)46-16-19(2)47-29(20(46)3)14-28(44-47)37-35(33-26(40)12-24(39)13-31(33)50-17-21-9-25(10-21)49-5)34-27(41)18-51-38(34)36(43-37)22-7-8-23-15-42-45(4)30(23)11-22/h6-8,11-15,18-21,25H,1,9-10,16-17H2,2-5H3/t19-,20+,21?,25?/m0/s1. The van der Waals surface area contributed by atoms with Crippen LogP contribution in [0.2, 0.25) is 0 Å². The van der Waals surface area contributed by atoms with Crippen molar-refractivity contribution in [2.45, 2.75) is 44.9 Å². The fourth-order valence-corrected chi connectivity index (χ4v) is 8.31. The van der Waals surface area contributed by atoms with Gasteiger partial charge in [0.25, 0.3) is 0 Å². The summed E-state index contributed by atoms with van der Waals surface area (Å²) in [5, 5.41) is 11.8. The minimum Gasteiger partial charge on any atom is -0.492 e. The molecular formula is C38H35F3N6O3S. The number of fused-ring (bicyclic) bond motifs is 3. The molecule has 262 valence electrons. The molecule has 2 aliphatic rings. The molecule has 51 heavy (non-hydrogen) atoms. The van der Waals surface area contributed by atoms with E-state index in [0.717, 1.165) is 52.9 Å². The number of methoxy groups -OCH3 is 1. The maximum atomic E-state index is 16.4. The number of benzene rings is 2. The molecule has 13 heteroatoms. The van der Waals surface area contributed by atoms with Gasteiger partial charge in [0.1, 0.15) is 34.6 Å². The smallest absolute Gasteiger partial charge is 0.246 e. The van der Waals surface area contributed by atoms with Gasteiger partial charge in [0.2, 0.25) is 5.91 Å². The third-order valence-corrected chi connectivity index (χ3v) is 11.2. The van der Waals surface area contributed by atoms with E-state index < -0.39 is 17.5 Å². The Morgan fingerprint density at radius 1 is 1.08 bits per heavy atom. The van der Waals surface area contributed by atoms with Crippen molar-refractivity contribution in [2.24, 2.45) is 13.0 Å². The van der Waals surface area contributed by atoms with Gasteiger partial charge in [-0.3, -0.25) is 14.2 Å². The van der Waals surface area contributed by atoms with E-state index in [0.29, 0.717) is 28.2 Å². The minimum atomic E-state index is -0.916. The fraction of sp³-hybridized carbons (Fsp3) is 0.316. The second-order valence-corrected chi connectivity index (χ2v) is 14.3. The predicted molar refractivity (Wildman–Crippen MR) is 190 cm³/mol. The summed E-state index contributed by atoms with van der Waals surface area (Å²) in [7, 11) is 3.49. The molecule has 1 aliphatic heterocycles. The number of hydrogen-bond donors (Lipinski definition) is 0. The summed E-state index contributed by atoms with van der Waals surface area (Å²) in [5.41, 5.74) is 3.30. The number of nitrogens with zero attached hydrogens (tertiary/aromatic N) is 6. The zero-order valence-electron chi connectivity index (χ0n) is 28.5. The average Bonchev–Trinajstić information content (AvgIpc) is 3.82. The van der Waals surface area contributed by atoms with Gasteiger partial charge in [-0.2, -0.15) is 10.2 Å². The van der Waals surface area contributed by atoms with Crippen LogP contribution in [0.1, 0.15) is 44.5 Å². The second-order valence-electron chi connectivity index (χ2n) is 13.4. The molecule has 4 aromatic heterocycles. The number of halogens is 3. The second kappa shape index (κ2) is 12.6. The van der Waals surface area contributed by atoms with Gasteiger partial charge in [0.05, 0.1) is 58.2 Å². The minimum absolute atomic E-state index is 0.0548. The molecule has 9 nitrogen and oxygen atoms in total. The number of aryl methyl sites for hydroxylation is 1. The summed E-state index contributed by atoms with van der Waals surface area (Å²) in [6.07, 6.45) is 4.68. The van der Waals surface area contributed by atoms with Gasteiger partial charge in [0.15, 0.2) is 0 Å². The number of carbonyl (C=O) groups excluding carboxylic acids is 1. The third-order valence-electron chi connectivity index (χ3n) is 10.2. The SMILES string of the molecule is C=CC(=O)N1C[C@H](C)n2nc(-c3nc(-c4ccc5cnn(C)c5c4)c4scc(F)c4c3-c3c(F)cc(F)cc3OCC3CC(OC)C3)cc2[C@H]1C. The highest BCUT2D eigenvalue weighted by Crippen LogP contribution is 2.49. The van der Waals surface area contributed by atoms with E-state index in [1.54, 1.807) is 29.0 Å². The van der Waals surface area contributed by atoms with E-state index in [1.807, 2.05) is 43.8 Å². The van der Waals surface area contributed by atoms with Crippen LogP contribution < -0.4 is 4.74 Å². The Morgan fingerprint density at radius 2 is 1.88 bits per heavy atom. The molecule has 0 unspecified atom stereocenters. The third kappa shape index (κ3) is 5.50. The van der Waals surface area contributed by atoms with Crippen molar-refractivity contribution >= 4 is 38.2 Å². The molecule has 1 saturated carbocycles. The summed E-state index contributed by atoms with van der Waals surface area (Å²) >= 11 is 1.15. The Hall–Kier alpha value is -5.01. The summed E-state index contributed by atoms with van der Waals surface area (Å²) < 4.78 is 63.2. The lowest BCUT2D eigenvalue weighted by molar-refractivity contribution is -0.129. The zero-order valence-corrected chi connectivity index (χ0v) is 29.3. The van der Waals surface area contributed by atoms with Crippen molar-refractivity contribution < 1.29 is 27.4 Å². The van der Waals surface area contributed by atoms with Gasteiger partial charge >= 0.3 is 0 Å². The molecule has 1 amide bonds. The Bertz CT molecular complexity index is 2360. The van der Waals surface area contributed by atoms with E-state index in [9.17, 15) is 9.18 Å². The molecule has 0 spiro atoms. The Labute approximate surface area is 295 Å². The van der Waals surface area contributed by atoms with E-state index in [2.05, 4.69) is 11.7 Å². The van der Waals surface area contributed by atoms with Crippen LogP contribution in [0.25, 0.3) is 54.8 Å². The number of rotatable bonds is 8. The van der Waals surface area contributed by atoms with Crippen molar-refractivity contribution in [3.8, 4) is 39.5 Å². The van der Waals surface area contributed by atoms with Crippen LogP contribution in [0.3, 0.4) is 0 Å². The van der Waals surface area contributed by atoms with Crippen LogP contribution in [-0.2, 0) is 16.6 Å². The van der Waals surface area contributed by atoms with Gasteiger partial charge in [-0.25, -0.2) is 18.2 Å². The van der Waals surface area contributed by atoms with E-state index in [1.165, 1.54) is 11.5 Å². The molecule has 8 rings (SSSR count). The number of carbonyl (C=O) groups is 1. The first-order chi connectivity index (χ1) is 24.6. The largest absolute Gasteiger partial charge is 0.492 e. The highest BCUT2D eigenvalue weighted by molar-refractivity contribution is 7.17. The quantitative estimate of drug-likeness (QED) is 0.148. The molecular weight excluding hydrogens is 678 g/mol. The summed E-state index contributed by atoms with van der Waals surface area (Å²) in [6.45, 7) is 8.10. The number of pyridine rings is 1. The van der Waals surface area contributed by atoms with Crippen LogP contribution in [-0.4, -0.2) is 61.7 Å². The molecule has 0 radical (unpaired) electrons. The van der Waals surface area contributed by atoms with Gasteiger partial charge < -0.3 is 14.4 Å². The van der Waals surface area contributed by atoms with Crippen LogP contribution in [0.5, 0.6) is 5.75 Å². The maximum Gasteiger partial charge on any atom is 0.246 e. The van der Waals surface area contributed by atoms with Crippen LogP contribution >= 0.6 is 11.3 Å². The Morgan fingerprint density at radius 3 is 2.65 bits per heavy atom. The van der Waals surface area contributed by atoms with Crippen LogP contribution in [0, 0.1) is 23.4 Å². The van der Waals surface area contributed by atoms with E-state index >= 15 is 8.78 Å². The van der Waals surface area contributed by atoms with Crippen LogP contribution in [0.4, 0.5) is 13.2 Å². The molecule has 2 atom stereocenters. The van der Waals surface area contributed by atoms with E-state index in [-0.39, 0.29) is 64.6 Å². The Kier molecular flexibility index (Phi) is 8.22. The normalized spacial score (nSPS) is 20.1. The highest BCUT2D eigenvalue weighted by Gasteiger charge is 2.35. The lowest BCUT2D eigenvalue weighted by atomic mass is 9.83. The molecule has 5 heterocycles. The van der Waals surface area contributed by atoms with Crippen molar-refractivity contribution in [1.82, 2.24) is 29.4 Å². The first-order valence-corrected chi connectivity index (χ1v) is 17.6. The van der Waals surface area contributed by atoms with Gasteiger partial charge in [-0.15, -0.1) is 11.3 Å². The number of thiophene rings is 1. The summed E-state index contributed by atoms with van der Waals surface area (Å²) in [5.74, 6) is -2.45. The molecule has 0 bridgehead atoms. The number of hydrogen-bond acceptors (Lipinski definition) is 7. The fourth-order valence-electron chi connectivity index (χ4n) is 7.38. The monoisotopic (exact) mass is 712 g/mol. The number of amides is 1. The first kappa shape index (κ1) is 33.2. The zero-order chi connectivity index (χ0) is 35.7. The summed E-state index contributed by atoms with van der Waals surface area (Å²) in [4.78, 5) is 19.7. The molecule has 6 aromatic rings. The molecule has 1 fully saturated rings. The lowest BCUT2D eigenvalue weighted by Gasteiger charge is -2.36. The lowest BCUT2D eigenvalue weighted by Crippen LogP contribution is -2.42. The average molecular weight is 713 g/mol. The van der Waals surface area contributed by atoms with E-state index in [4.69, 9.17) is 19.6 Å². The topological polar surface area (TPSA) is 87.3 Å². The van der Waals surface area contributed by atoms with Crippen molar-refractivity contribution in [3.63, 3.8) is 0 Å². The molecule has 0 N–H and O–H groups in total. The van der Waals surface area contributed by atoms with Crippen LogP contribution in [0.15, 0.2) is 60.6 Å². The molecule has 1 aliphatic carbocycles. The number of aromatic nitrogens is 5. The van der Waals surface area contributed by atoms with Gasteiger partial charge in [-0.1, -0.05) is 18.7 Å². The van der Waals surface area contributed by atoms with Crippen molar-refractivity contribution in [3.05, 3.63) is 83.8 Å². The molecule has 0 saturated heterocycles. The van der Waals surface area contributed by atoms with Gasteiger partial charge in [-0.05, 0) is 50.8 Å². The van der Waals surface area contributed by atoms with Gasteiger partial charge in [0, 0.05) is 60.1 Å². The van der Waals surface area contributed by atoms with Crippen molar-refractivity contribution in [1.29, 1.82) is 0 Å².